The molecule has 0 bridgehead atoms. The first kappa shape index (κ1) is 19.1. The lowest BCUT2D eigenvalue weighted by molar-refractivity contribution is -0.131. The molecule has 144 valence electrons. The molecule has 0 aliphatic carbocycles. The van der Waals surface area contributed by atoms with E-state index < -0.39 is 6.10 Å². The molecule has 0 radical (unpaired) electrons. The number of methoxy groups -OCH3 is 1. The van der Waals surface area contributed by atoms with Gasteiger partial charge in [-0.25, -0.2) is 0 Å². The number of hydrogen-bond donors (Lipinski definition) is 1. The lowest BCUT2D eigenvalue weighted by Crippen LogP contribution is -2.30. The maximum absolute atomic E-state index is 12.6. The lowest BCUT2D eigenvalue weighted by atomic mass is 10.1. The SMILES string of the molecule is COc1ccc(C(=O)CCC(=O)N2CCCn3nc([C@@H](C)O)cc3C2)cc1. The van der Waals surface area contributed by atoms with E-state index in [9.17, 15) is 14.7 Å². The zero-order valence-corrected chi connectivity index (χ0v) is 15.7. The fourth-order valence-corrected chi connectivity index (χ4v) is 3.20. The van der Waals surface area contributed by atoms with Crippen LogP contribution in [-0.2, 0) is 17.9 Å². The minimum atomic E-state index is -0.629. The molecule has 2 aromatic rings. The van der Waals surface area contributed by atoms with Crippen LogP contribution in [0.25, 0.3) is 0 Å². The van der Waals surface area contributed by atoms with Gasteiger partial charge >= 0.3 is 0 Å². The van der Waals surface area contributed by atoms with Gasteiger partial charge in [0.05, 0.1) is 31.1 Å². The van der Waals surface area contributed by atoms with Gasteiger partial charge in [-0.1, -0.05) is 0 Å². The van der Waals surface area contributed by atoms with Gasteiger partial charge in [0, 0.05) is 31.5 Å². The van der Waals surface area contributed by atoms with E-state index in [0.717, 1.165) is 18.7 Å². The minimum absolute atomic E-state index is 0.0369. The maximum atomic E-state index is 12.6. The molecule has 7 nitrogen and oxygen atoms in total. The van der Waals surface area contributed by atoms with Crippen LogP contribution in [0.4, 0.5) is 0 Å². The number of benzene rings is 1. The van der Waals surface area contributed by atoms with Crippen molar-refractivity contribution in [2.45, 2.75) is 45.4 Å². The van der Waals surface area contributed by atoms with Crippen LogP contribution in [0.1, 0.15) is 54.0 Å². The Morgan fingerprint density at radius 2 is 1.96 bits per heavy atom. The summed E-state index contributed by atoms with van der Waals surface area (Å²) in [6.07, 6.45) is 0.532. The highest BCUT2D eigenvalue weighted by molar-refractivity contribution is 5.98. The lowest BCUT2D eigenvalue weighted by Gasteiger charge is -2.19. The van der Waals surface area contributed by atoms with E-state index in [0.29, 0.717) is 30.1 Å². The zero-order valence-electron chi connectivity index (χ0n) is 15.7. The average Bonchev–Trinajstić information content (AvgIpc) is 2.98. The Morgan fingerprint density at radius 3 is 2.63 bits per heavy atom. The predicted octanol–water partition coefficient (Wildman–Crippen LogP) is 2.34. The molecule has 1 aromatic carbocycles. The normalized spacial score (nSPS) is 15.0. The number of hydrogen-bond acceptors (Lipinski definition) is 5. The molecule has 1 N–H and O–H groups in total. The number of rotatable bonds is 6. The van der Waals surface area contributed by atoms with Crippen LogP contribution in [0.5, 0.6) is 5.75 Å². The van der Waals surface area contributed by atoms with Crippen molar-refractivity contribution in [3.05, 3.63) is 47.3 Å². The third-order valence-corrected chi connectivity index (χ3v) is 4.79. The number of ether oxygens (including phenoxy) is 1. The standard InChI is InChI=1S/C20H25N3O4/c1-14(24)18-12-16-13-22(10-3-11-23(16)21-18)20(26)9-8-19(25)15-4-6-17(27-2)7-5-15/h4-7,12,14,24H,3,8-11,13H2,1-2H3/t14-/m1/s1. The molecule has 0 fully saturated rings. The Morgan fingerprint density at radius 1 is 1.22 bits per heavy atom. The molecule has 7 heteroatoms. The van der Waals surface area contributed by atoms with Crippen LogP contribution in [0, 0.1) is 0 Å². The van der Waals surface area contributed by atoms with Crippen molar-refractivity contribution in [3.8, 4) is 5.75 Å². The second-order valence-electron chi connectivity index (χ2n) is 6.78. The number of carbonyl (C=O) groups excluding carboxylic acids is 2. The predicted molar refractivity (Wildman–Crippen MR) is 99.5 cm³/mol. The number of amides is 1. The number of aliphatic hydroxyl groups is 1. The van der Waals surface area contributed by atoms with E-state index in [1.807, 2.05) is 10.7 Å². The monoisotopic (exact) mass is 371 g/mol. The first-order valence-corrected chi connectivity index (χ1v) is 9.17. The van der Waals surface area contributed by atoms with Crippen molar-refractivity contribution >= 4 is 11.7 Å². The Hall–Kier alpha value is -2.67. The van der Waals surface area contributed by atoms with Gasteiger partial charge in [0.15, 0.2) is 5.78 Å². The Bertz CT molecular complexity index is 811. The van der Waals surface area contributed by atoms with Crippen molar-refractivity contribution in [1.29, 1.82) is 0 Å². The van der Waals surface area contributed by atoms with Crippen molar-refractivity contribution in [1.82, 2.24) is 14.7 Å². The number of fused-ring (bicyclic) bond motifs is 1. The van der Waals surface area contributed by atoms with E-state index in [2.05, 4.69) is 5.10 Å². The summed E-state index contributed by atoms with van der Waals surface area (Å²) in [6, 6.07) is 8.76. The Labute approximate surface area is 158 Å². The molecular weight excluding hydrogens is 346 g/mol. The number of carbonyl (C=O) groups is 2. The highest BCUT2D eigenvalue weighted by atomic mass is 16.5. The van der Waals surface area contributed by atoms with Crippen LogP contribution >= 0.6 is 0 Å². The van der Waals surface area contributed by atoms with Gasteiger partial charge < -0.3 is 14.7 Å². The third kappa shape index (κ3) is 4.54. The summed E-state index contributed by atoms with van der Waals surface area (Å²) in [6.45, 7) is 3.49. The second kappa shape index (κ2) is 8.35. The molecule has 0 saturated heterocycles. The molecule has 3 rings (SSSR count). The molecule has 1 amide bonds. The van der Waals surface area contributed by atoms with Crippen molar-refractivity contribution in [2.75, 3.05) is 13.7 Å². The smallest absolute Gasteiger partial charge is 0.223 e. The van der Waals surface area contributed by atoms with Gasteiger partial charge in [-0.2, -0.15) is 5.10 Å². The summed E-state index contributed by atoms with van der Waals surface area (Å²) in [5.41, 5.74) is 2.12. The molecule has 2 heterocycles. The maximum Gasteiger partial charge on any atom is 0.223 e. The van der Waals surface area contributed by atoms with Crippen molar-refractivity contribution in [2.24, 2.45) is 0 Å². The van der Waals surface area contributed by atoms with Gasteiger partial charge in [0.2, 0.25) is 5.91 Å². The highest BCUT2D eigenvalue weighted by Gasteiger charge is 2.22. The molecule has 1 aliphatic heterocycles. The number of nitrogens with zero attached hydrogens (tertiary/aromatic N) is 3. The number of Topliss-reactive ketones (excluding diaryl/α,β-unsaturated/α-hetero) is 1. The van der Waals surface area contributed by atoms with Crippen LogP contribution in [0.2, 0.25) is 0 Å². The van der Waals surface area contributed by atoms with Crippen LogP contribution in [-0.4, -0.2) is 45.1 Å². The molecule has 0 unspecified atom stereocenters. The van der Waals surface area contributed by atoms with Gasteiger partial charge in [-0.15, -0.1) is 0 Å². The first-order chi connectivity index (χ1) is 13.0. The molecule has 1 atom stereocenters. The highest BCUT2D eigenvalue weighted by Crippen LogP contribution is 2.19. The Kier molecular flexibility index (Phi) is 5.91. The number of aryl methyl sites for hydroxylation is 1. The van der Waals surface area contributed by atoms with E-state index in [1.54, 1.807) is 43.2 Å². The number of aliphatic hydroxyl groups excluding tert-OH is 1. The van der Waals surface area contributed by atoms with Gasteiger partial charge in [-0.3, -0.25) is 14.3 Å². The summed E-state index contributed by atoms with van der Waals surface area (Å²) < 4.78 is 6.95. The zero-order chi connectivity index (χ0) is 19.4. The Balaban J connectivity index is 1.59. The summed E-state index contributed by atoms with van der Waals surface area (Å²) in [4.78, 5) is 26.7. The van der Waals surface area contributed by atoms with Crippen molar-refractivity contribution < 1.29 is 19.4 Å². The van der Waals surface area contributed by atoms with E-state index >= 15 is 0 Å². The topological polar surface area (TPSA) is 84.7 Å². The summed E-state index contributed by atoms with van der Waals surface area (Å²) in [5.74, 6) is 0.604. The van der Waals surface area contributed by atoms with Crippen LogP contribution < -0.4 is 4.74 Å². The first-order valence-electron chi connectivity index (χ1n) is 9.17. The third-order valence-electron chi connectivity index (χ3n) is 4.79. The van der Waals surface area contributed by atoms with E-state index in [4.69, 9.17) is 4.74 Å². The summed E-state index contributed by atoms with van der Waals surface area (Å²) >= 11 is 0. The molecular formula is C20H25N3O4. The molecule has 0 saturated carbocycles. The fraction of sp³-hybridized carbons (Fsp3) is 0.450. The fourth-order valence-electron chi connectivity index (χ4n) is 3.20. The molecule has 27 heavy (non-hydrogen) atoms. The largest absolute Gasteiger partial charge is 0.497 e. The average molecular weight is 371 g/mol. The molecule has 0 spiro atoms. The van der Waals surface area contributed by atoms with Gasteiger partial charge in [-0.05, 0) is 43.7 Å². The minimum Gasteiger partial charge on any atom is -0.497 e. The van der Waals surface area contributed by atoms with Crippen LogP contribution in [0.15, 0.2) is 30.3 Å². The summed E-state index contributed by atoms with van der Waals surface area (Å²) in [5, 5.41) is 14.1. The second-order valence-corrected chi connectivity index (χ2v) is 6.78. The number of aromatic nitrogens is 2. The quantitative estimate of drug-likeness (QED) is 0.788. The summed E-state index contributed by atoms with van der Waals surface area (Å²) in [7, 11) is 1.58. The van der Waals surface area contributed by atoms with E-state index in [1.165, 1.54) is 0 Å². The molecule has 1 aliphatic rings. The van der Waals surface area contributed by atoms with Crippen LogP contribution in [0.3, 0.4) is 0 Å². The van der Waals surface area contributed by atoms with Crippen molar-refractivity contribution in [3.63, 3.8) is 0 Å². The van der Waals surface area contributed by atoms with Gasteiger partial charge in [0.1, 0.15) is 5.75 Å². The van der Waals surface area contributed by atoms with E-state index in [-0.39, 0.29) is 24.5 Å². The number of ketones is 1. The van der Waals surface area contributed by atoms with Gasteiger partial charge in [0.25, 0.3) is 0 Å². The molecule has 1 aromatic heterocycles.